The van der Waals surface area contributed by atoms with Crippen LogP contribution in [0.25, 0.3) is 113 Å². The van der Waals surface area contributed by atoms with Gasteiger partial charge in [-0.15, -0.1) is 22.7 Å². The number of fused-ring (bicyclic) bond motifs is 7. The normalized spacial score (nSPS) is 13.3. The summed E-state index contributed by atoms with van der Waals surface area (Å²) < 4.78 is 5.67. The molecule has 0 N–H and O–H groups in total. The average molecular weight is 1450 g/mol. The van der Waals surface area contributed by atoms with Crippen LogP contribution < -0.4 is 0 Å². The van der Waals surface area contributed by atoms with E-state index in [1.165, 1.54) is 312 Å². The lowest BCUT2D eigenvalue weighted by molar-refractivity contribution is 0.315. The van der Waals surface area contributed by atoms with Gasteiger partial charge in [0.15, 0.2) is 0 Å². The largest absolute Gasteiger partial charge is 0.243 e. The fourth-order valence-electron chi connectivity index (χ4n) is 18.3. The highest BCUT2D eigenvalue weighted by Crippen LogP contribution is 2.59. The highest BCUT2D eigenvalue weighted by atomic mass is 32.1. The zero-order valence-corrected chi connectivity index (χ0v) is 67.0. The van der Waals surface area contributed by atoms with Crippen LogP contribution in [0.5, 0.6) is 0 Å². The zero-order valence-electron chi connectivity index (χ0n) is 65.4. The van der Waals surface area contributed by atoms with Gasteiger partial charge in [-0.2, -0.15) is 0 Å². The SMILES string of the molecule is CCCCCCCCCCC1(CCCCCCCCCC)c2cc(-c3ccccc3)ccc2-c2ccc(-c3cc(/C=C/c4cccs4)c(-c4ccc5c(c4)C(CCCCCCCCCC)(CCCCCCCCCC)c4cc(-c6ccc(-c7ccccc7)c7nonc67)ccc4-5)cc3/C=C/c3cccs3)cc21. The molecule has 5 heteroatoms. The molecule has 0 bridgehead atoms. The molecule has 0 amide bonds. The first-order valence-electron chi connectivity index (χ1n) is 42.5. The molecule has 556 valence electrons. The Balaban J connectivity index is 0.951. The third-order valence-corrected chi connectivity index (χ3v) is 25.9. The van der Waals surface area contributed by atoms with Crippen LogP contribution >= 0.6 is 22.7 Å². The molecule has 0 unspecified atom stereocenters. The van der Waals surface area contributed by atoms with Gasteiger partial charge in [0.05, 0.1) is 0 Å². The molecule has 8 aromatic carbocycles. The first-order valence-corrected chi connectivity index (χ1v) is 44.3. The monoisotopic (exact) mass is 1450 g/mol. The van der Waals surface area contributed by atoms with Crippen LogP contribution in [0.2, 0.25) is 0 Å². The van der Waals surface area contributed by atoms with Gasteiger partial charge in [-0.1, -0.05) is 379 Å². The fourth-order valence-corrected chi connectivity index (χ4v) is 19.6. The maximum absolute atomic E-state index is 5.67. The van der Waals surface area contributed by atoms with E-state index in [1.54, 1.807) is 11.1 Å². The minimum absolute atomic E-state index is 0.101. The van der Waals surface area contributed by atoms with E-state index in [4.69, 9.17) is 4.63 Å². The van der Waals surface area contributed by atoms with E-state index in [0.717, 1.165) is 40.6 Å². The van der Waals surface area contributed by atoms with E-state index in [1.807, 2.05) is 22.7 Å². The Bertz CT molecular complexity index is 4560. The topological polar surface area (TPSA) is 38.9 Å². The highest BCUT2D eigenvalue weighted by molar-refractivity contribution is 7.11. The molecule has 3 aromatic heterocycles. The van der Waals surface area contributed by atoms with Crippen molar-refractivity contribution < 1.29 is 4.63 Å². The molecule has 2 aliphatic carbocycles. The minimum Gasteiger partial charge on any atom is -0.243 e. The van der Waals surface area contributed by atoms with Crippen molar-refractivity contribution in [2.75, 3.05) is 0 Å². The molecular weight excluding hydrogens is 1330 g/mol. The number of rotatable bonds is 45. The molecule has 0 aliphatic heterocycles. The molecule has 0 saturated carbocycles. The summed E-state index contributed by atoms with van der Waals surface area (Å²) in [5.41, 5.74) is 27.8. The molecule has 0 atom stereocenters. The van der Waals surface area contributed by atoms with Gasteiger partial charge in [-0.25, -0.2) is 4.63 Å². The average Bonchev–Trinajstić information content (AvgIpc) is 1.57. The number of thiophene rings is 2. The van der Waals surface area contributed by atoms with Gasteiger partial charge >= 0.3 is 0 Å². The van der Waals surface area contributed by atoms with Crippen molar-refractivity contribution >= 4 is 58.0 Å². The molecule has 11 aromatic rings. The molecule has 107 heavy (non-hydrogen) atoms. The summed E-state index contributed by atoms with van der Waals surface area (Å²) >= 11 is 3.64. The van der Waals surface area contributed by atoms with Gasteiger partial charge < -0.3 is 0 Å². The summed E-state index contributed by atoms with van der Waals surface area (Å²) in [5.74, 6) is 0. The summed E-state index contributed by atoms with van der Waals surface area (Å²) in [6, 6.07) is 70.8. The number of benzene rings is 8. The van der Waals surface area contributed by atoms with Crippen LogP contribution in [0.3, 0.4) is 0 Å². The van der Waals surface area contributed by atoms with E-state index in [2.05, 4.69) is 255 Å². The standard InChI is InChI=1S/C102H120N2OS2/c1-5-9-13-17-21-25-29-39-65-101(66-40-30-26-22-18-14-10-6-2)95-73-79(77-45-35-33-36-46-77)53-59-89(95)91-61-55-83(75-97(91)101)93-71-81(52-58-86-50-44-70-107-86)94(72-80(93)51-57-85-49-43-69-106-85)84-56-62-92-90-60-54-82(88-64-63-87(78-47-37-34-38-48-78)99-100(88)104-105-103-99)74-96(90)102(98(92)76-84,67-41-31-27-23-19-15-11-7-3)68-42-32-28-24-20-16-12-8-4/h33-38,43-64,69-76H,5-32,39-42,65-68H2,1-4H3/b57-51+,58-52+. The van der Waals surface area contributed by atoms with Gasteiger partial charge in [0.25, 0.3) is 0 Å². The number of aromatic nitrogens is 2. The van der Waals surface area contributed by atoms with Crippen LogP contribution in [0.1, 0.15) is 302 Å². The summed E-state index contributed by atoms with van der Waals surface area (Å²) in [6.45, 7) is 9.34. The van der Waals surface area contributed by atoms with Gasteiger partial charge in [-0.3, -0.25) is 0 Å². The number of hydrogen-bond acceptors (Lipinski definition) is 5. The minimum atomic E-state index is -0.194. The zero-order chi connectivity index (χ0) is 73.3. The Morgan fingerprint density at radius 2 is 0.561 bits per heavy atom. The van der Waals surface area contributed by atoms with E-state index in [-0.39, 0.29) is 10.8 Å². The van der Waals surface area contributed by atoms with Gasteiger partial charge in [0.1, 0.15) is 11.0 Å². The van der Waals surface area contributed by atoms with Gasteiger partial charge in [0, 0.05) is 31.7 Å². The molecule has 0 fully saturated rings. The van der Waals surface area contributed by atoms with Crippen LogP contribution in [0, 0.1) is 0 Å². The summed E-state index contributed by atoms with van der Waals surface area (Å²) in [4.78, 5) is 2.53. The first-order chi connectivity index (χ1) is 52.9. The predicted molar refractivity (Wildman–Crippen MR) is 467 cm³/mol. The van der Waals surface area contributed by atoms with Crippen molar-refractivity contribution in [3.63, 3.8) is 0 Å². The van der Waals surface area contributed by atoms with E-state index >= 15 is 0 Å². The Hall–Kier alpha value is -7.96. The van der Waals surface area contributed by atoms with Crippen LogP contribution in [0.15, 0.2) is 197 Å². The van der Waals surface area contributed by atoms with E-state index < -0.39 is 0 Å². The predicted octanol–water partition coefficient (Wildman–Crippen LogP) is 32.7. The molecule has 0 saturated heterocycles. The highest BCUT2D eigenvalue weighted by Gasteiger charge is 2.45. The number of nitrogens with zero attached hydrogens (tertiary/aromatic N) is 2. The second kappa shape index (κ2) is 39.4. The lowest BCUT2D eigenvalue weighted by Gasteiger charge is -2.34. The lowest BCUT2D eigenvalue weighted by atomic mass is 9.69. The Kier molecular flexibility index (Phi) is 28.4. The maximum Gasteiger partial charge on any atom is 0.143 e. The van der Waals surface area contributed by atoms with Crippen LogP contribution in [-0.2, 0) is 10.8 Å². The Morgan fingerprint density at radius 1 is 0.262 bits per heavy atom. The van der Waals surface area contributed by atoms with Crippen LogP contribution in [-0.4, -0.2) is 10.3 Å². The molecule has 0 spiro atoms. The second-order valence-corrected chi connectivity index (χ2v) is 33.6. The molecular formula is C102H120N2OS2. The number of unbranched alkanes of at least 4 members (excludes halogenated alkanes) is 28. The van der Waals surface area contributed by atoms with E-state index in [0.29, 0.717) is 0 Å². The lowest BCUT2D eigenvalue weighted by Crippen LogP contribution is -2.25. The summed E-state index contributed by atoms with van der Waals surface area (Å²) in [6.07, 6.45) is 56.1. The molecule has 2 aliphatic rings. The van der Waals surface area contributed by atoms with Crippen molar-refractivity contribution in [2.24, 2.45) is 0 Å². The second-order valence-electron chi connectivity index (χ2n) is 31.7. The smallest absolute Gasteiger partial charge is 0.143 e. The summed E-state index contributed by atoms with van der Waals surface area (Å²) in [5, 5.41) is 13.7. The quantitative estimate of drug-likeness (QED) is 0.0357. The fraction of sp³-hybridized carbons (Fsp3) is 0.412. The van der Waals surface area contributed by atoms with Crippen molar-refractivity contribution in [2.45, 2.75) is 270 Å². The number of hydrogen-bond donors (Lipinski definition) is 0. The Morgan fingerprint density at radius 3 is 0.907 bits per heavy atom. The third kappa shape index (κ3) is 18.8. The molecule has 3 heterocycles. The summed E-state index contributed by atoms with van der Waals surface area (Å²) in [7, 11) is 0. The van der Waals surface area contributed by atoms with Crippen molar-refractivity contribution in [3.05, 3.63) is 236 Å². The first kappa shape index (κ1) is 77.2. The molecule has 0 radical (unpaired) electrons. The van der Waals surface area contributed by atoms with Gasteiger partial charge in [-0.05, 0) is 208 Å². The molecule has 13 rings (SSSR count). The van der Waals surface area contributed by atoms with Crippen LogP contribution in [0.4, 0.5) is 0 Å². The van der Waals surface area contributed by atoms with Crippen molar-refractivity contribution in [1.29, 1.82) is 0 Å². The third-order valence-electron chi connectivity index (χ3n) is 24.3. The maximum atomic E-state index is 5.67. The Labute approximate surface area is 651 Å². The molecule has 3 nitrogen and oxygen atoms in total. The van der Waals surface area contributed by atoms with E-state index in [9.17, 15) is 0 Å². The van der Waals surface area contributed by atoms with Crippen molar-refractivity contribution in [1.82, 2.24) is 10.3 Å². The van der Waals surface area contributed by atoms with Crippen molar-refractivity contribution in [3.8, 4) is 77.9 Å². The van der Waals surface area contributed by atoms with Gasteiger partial charge in [0.2, 0.25) is 0 Å².